The van der Waals surface area contributed by atoms with Crippen LogP contribution in [0.1, 0.15) is 46.4 Å². The summed E-state index contributed by atoms with van der Waals surface area (Å²) in [6.07, 6.45) is 4.35. The highest BCUT2D eigenvalue weighted by Gasteiger charge is 2.21. The largest absolute Gasteiger partial charge is 0.490 e. The third-order valence-corrected chi connectivity index (χ3v) is 4.98. The minimum atomic E-state index is -0.311. The van der Waals surface area contributed by atoms with Gasteiger partial charge >= 0.3 is 0 Å². The Kier molecular flexibility index (Phi) is 7.64. The molecule has 154 valence electrons. The number of methoxy groups -OCH3 is 1. The molecule has 2 aromatic carbocycles. The van der Waals surface area contributed by atoms with Gasteiger partial charge < -0.3 is 19.7 Å². The van der Waals surface area contributed by atoms with E-state index in [0.717, 1.165) is 38.8 Å². The Balaban J connectivity index is 1.77. The molecule has 1 heterocycles. The Hall–Kier alpha value is -2.86. The standard InChI is InChI=1S/C23H28N2O4/c1-28-16-17-29-21-13-7-5-11-19(21)22(26)24-20-12-6-4-10-18(20)23(27)25-14-8-2-3-9-15-25/h4-7,10-13H,2-3,8-9,14-17H2,1H3,(H,24,26). The molecule has 1 N–H and O–H groups in total. The maximum absolute atomic E-state index is 13.1. The second-order valence-corrected chi connectivity index (χ2v) is 7.04. The molecule has 0 bridgehead atoms. The van der Waals surface area contributed by atoms with Crippen LogP contribution in [0, 0.1) is 0 Å². The SMILES string of the molecule is COCCOc1ccccc1C(=O)Nc1ccccc1C(=O)N1CCCCCC1. The predicted molar refractivity (Wildman–Crippen MR) is 113 cm³/mol. The Morgan fingerprint density at radius 3 is 2.28 bits per heavy atom. The molecule has 1 aliphatic heterocycles. The van der Waals surface area contributed by atoms with Gasteiger partial charge in [0, 0.05) is 20.2 Å². The van der Waals surface area contributed by atoms with E-state index in [9.17, 15) is 9.59 Å². The molecule has 0 atom stereocenters. The van der Waals surface area contributed by atoms with E-state index in [1.165, 1.54) is 0 Å². The Morgan fingerprint density at radius 2 is 1.55 bits per heavy atom. The molecule has 29 heavy (non-hydrogen) atoms. The molecular formula is C23H28N2O4. The van der Waals surface area contributed by atoms with Gasteiger partial charge in [0.15, 0.2) is 0 Å². The molecule has 2 aromatic rings. The molecule has 0 spiro atoms. The molecule has 0 aromatic heterocycles. The van der Waals surface area contributed by atoms with Gasteiger partial charge in [0.25, 0.3) is 11.8 Å². The van der Waals surface area contributed by atoms with Crippen LogP contribution in [0.4, 0.5) is 5.69 Å². The molecular weight excluding hydrogens is 368 g/mol. The maximum atomic E-state index is 13.1. The summed E-state index contributed by atoms with van der Waals surface area (Å²) in [6.45, 7) is 2.31. The third kappa shape index (κ3) is 5.57. The smallest absolute Gasteiger partial charge is 0.259 e. The first-order chi connectivity index (χ1) is 14.2. The first kappa shape index (κ1) is 20.9. The van der Waals surface area contributed by atoms with Crippen LogP contribution >= 0.6 is 0 Å². The number of rotatable bonds is 7. The van der Waals surface area contributed by atoms with Crippen molar-refractivity contribution in [1.29, 1.82) is 0 Å². The Bertz CT molecular complexity index is 829. The Labute approximate surface area is 171 Å². The van der Waals surface area contributed by atoms with Gasteiger partial charge in [-0.2, -0.15) is 0 Å². The zero-order valence-corrected chi connectivity index (χ0v) is 16.9. The van der Waals surface area contributed by atoms with E-state index in [0.29, 0.717) is 35.8 Å². The number of hydrogen-bond acceptors (Lipinski definition) is 4. The summed E-state index contributed by atoms with van der Waals surface area (Å²) in [4.78, 5) is 27.9. The fourth-order valence-electron chi connectivity index (χ4n) is 3.43. The molecule has 0 saturated carbocycles. The number of anilines is 1. The van der Waals surface area contributed by atoms with Gasteiger partial charge in [0.05, 0.1) is 23.4 Å². The molecule has 6 heteroatoms. The van der Waals surface area contributed by atoms with Crippen LogP contribution < -0.4 is 10.1 Å². The van der Waals surface area contributed by atoms with Gasteiger partial charge in [-0.05, 0) is 37.1 Å². The van der Waals surface area contributed by atoms with E-state index in [-0.39, 0.29) is 11.8 Å². The van der Waals surface area contributed by atoms with Crippen molar-refractivity contribution in [2.45, 2.75) is 25.7 Å². The Morgan fingerprint density at radius 1 is 0.897 bits per heavy atom. The highest BCUT2D eigenvalue weighted by Crippen LogP contribution is 2.23. The van der Waals surface area contributed by atoms with Crippen LogP contribution in [0.15, 0.2) is 48.5 Å². The number of carbonyl (C=O) groups is 2. The number of benzene rings is 2. The van der Waals surface area contributed by atoms with Crippen LogP contribution in [0.5, 0.6) is 5.75 Å². The second-order valence-electron chi connectivity index (χ2n) is 7.04. The van der Waals surface area contributed by atoms with Gasteiger partial charge in [0.1, 0.15) is 12.4 Å². The van der Waals surface area contributed by atoms with Crippen molar-refractivity contribution >= 4 is 17.5 Å². The number of hydrogen-bond donors (Lipinski definition) is 1. The minimum absolute atomic E-state index is 0.0348. The summed E-state index contributed by atoms with van der Waals surface area (Å²) < 4.78 is 10.7. The summed E-state index contributed by atoms with van der Waals surface area (Å²) in [7, 11) is 1.60. The number of nitrogens with one attached hydrogen (secondary N) is 1. The minimum Gasteiger partial charge on any atom is -0.490 e. The molecule has 0 radical (unpaired) electrons. The molecule has 3 rings (SSSR count). The lowest BCUT2D eigenvalue weighted by Crippen LogP contribution is -2.32. The van der Waals surface area contributed by atoms with E-state index in [1.54, 1.807) is 37.4 Å². The van der Waals surface area contributed by atoms with Crippen molar-refractivity contribution < 1.29 is 19.1 Å². The molecule has 1 saturated heterocycles. The van der Waals surface area contributed by atoms with Crippen molar-refractivity contribution in [3.63, 3.8) is 0 Å². The number of carbonyl (C=O) groups excluding carboxylic acids is 2. The first-order valence-electron chi connectivity index (χ1n) is 10.1. The highest BCUT2D eigenvalue weighted by molar-refractivity contribution is 6.10. The lowest BCUT2D eigenvalue weighted by Gasteiger charge is -2.22. The number of amides is 2. The van der Waals surface area contributed by atoms with Gasteiger partial charge in [-0.3, -0.25) is 9.59 Å². The second kappa shape index (κ2) is 10.6. The predicted octanol–water partition coefficient (Wildman–Crippen LogP) is 3.98. The fraction of sp³-hybridized carbons (Fsp3) is 0.391. The summed E-state index contributed by atoms with van der Waals surface area (Å²) in [5.41, 5.74) is 1.44. The topological polar surface area (TPSA) is 67.9 Å². The molecule has 1 fully saturated rings. The van der Waals surface area contributed by atoms with E-state index < -0.39 is 0 Å². The van der Waals surface area contributed by atoms with E-state index in [4.69, 9.17) is 9.47 Å². The normalized spacial score (nSPS) is 14.2. The fourth-order valence-corrected chi connectivity index (χ4v) is 3.43. The molecule has 2 amide bonds. The van der Waals surface area contributed by atoms with Crippen molar-refractivity contribution in [3.05, 3.63) is 59.7 Å². The number of para-hydroxylation sites is 2. The number of ether oxygens (including phenoxy) is 2. The van der Waals surface area contributed by atoms with Crippen LogP contribution in [-0.4, -0.2) is 50.1 Å². The monoisotopic (exact) mass is 396 g/mol. The van der Waals surface area contributed by atoms with E-state index >= 15 is 0 Å². The van der Waals surface area contributed by atoms with Crippen molar-refractivity contribution in [1.82, 2.24) is 4.90 Å². The average molecular weight is 396 g/mol. The van der Waals surface area contributed by atoms with Gasteiger partial charge in [-0.25, -0.2) is 0 Å². The molecule has 0 aliphatic carbocycles. The van der Waals surface area contributed by atoms with Gasteiger partial charge in [0.2, 0.25) is 0 Å². The van der Waals surface area contributed by atoms with Crippen LogP contribution in [0.25, 0.3) is 0 Å². The van der Waals surface area contributed by atoms with Crippen LogP contribution in [0.3, 0.4) is 0 Å². The zero-order chi connectivity index (χ0) is 20.5. The lowest BCUT2D eigenvalue weighted by atomic mass is 10.1. The third-order valence-electron chi connectivity index (χ3n) is 4.98. The molecule has 6 nitrogen and oxygen atoms in total. The van der Waals surface area contributed by atoms with Crippen molar-refractivity contribution in [2.24, 2.45) is 0 Å². The van der Waals surface area contributed by atoms with Crippen molar-refractivity contribution in [2.75, 3.05) is 38.7 Å². The molecule has 1 aliphatic rings. The quantitative estimate of drug-likeness (QED) is 0.719. The summed E-state index contributed by atoms with van der Waals surface area (Å²) in [6, 6.07) is 14.2. The summed E-state index contributed by atoms with van der Waals surface area (Å²) in [5, 5.41) is 2.90. The van der Waals surface area contributed by atoms with E-state index in [1.807, 2.05) is 23.1 Å². The maximum Gasteiger partial charge on any atom is 0.259 e. The highest BCUT2D eigenvalue weighted by atomic mass is 16.5. The van der Waals surface area contributed by atoms with Gasteiger partial charge in [-0.15, -0.1) is 0 Å². The molecule has 0 unspecified atom stereocenters. The van der Waals surface area contributed by atoms with Crippen molar-refractivity contribution in [3.8, 4) is 5.75 Å². The van der Waals surface area contributed by atoms with E-state index in [2.05, 4.69) is 5.32 Å². The van der Waals surface area contributed by atoms with Crippen LogP contribution in [-0.2, 0) is 4.74 Å². The summed E-state index contributed by atoms with van der Waals surface area (Å²) in [5.74, 6) is 0.139. The van der Waals surface area contributed by atoms with Gasteiger partial charge in [-0.1, -0.05) is 37.1 Å². The average Bonchev–Trinajstić information content (AvgIpc) is 3.04. The zero-order valence-electron chi connectivity index (χ0n) is 16.9. The number of likely N-dealkylation sites (tertiary alicyclic amines) is 1. The lowest BCUT2D eigenvalue weighted by molar-refractivity contribution is 0.0762. The number of nitrogens with zero attached hydrogens (tertiary/aromatic N) is 1. The first-order valence-corrected chi connectivity index (χ1v) is 10.1. The van der Waals surface area contributed by atoms with Crippen LogP contribution in [0.2, 0.25) is 0 Å². The summed E-state index contributed by atoms with van der Waals surface area (Å²) >= 11 is 0.